The summed E-state index contributed by atoms with van der Waals surface area (Å²) in [5.74, 6) is -0.795. The molecule has 2 aromatic rings. The molecule has 2 rings (SSSR count). The van der Waals surface area contributed by atoms with Gasteiger partial charge in [-0.2, -0.15) is 5.10 Å². The molecule has 0 unspecified atom stereocenters. The van der Waals surface area contributed by atoms with Crippen LogP contribution in [0.1, 0.15) is 15.9 Å². The highest BCUT2D eigenvalue weighted by molar-refractivity contribution is 5.94. The molecule has 0 spiro atoms. The monoisotopic (exact) mass is 315 g/mol. The third-order valence-corrected chi connectivity index (χ3v) is 3.26. The summed E-state index contributed by atoms with van der Waals surface area (Å²) in [6, 6.07) is 12.8. The maximum absolute atomic E-state index is 12.8. The van der Waals surface area contributed by atoms with Crippen LogP contribution in [0.4, 0.5) is 10.1 Å². The Bertz CT molecular complexity index is 669. The third kappa shape index (κ3) is 4.89. The highest BCUT2D eigenvalue weighted by Gasteiger charge is 2.03. The first-order chi connectivity index (χ1) is 11.1. The molecule has 120 valence electrons. The summed E-state index contributed by atoms with van der Waals surface area (Å²) in [5, 5.41) is 12.8. The molecule has 2 N–H and O–H groups in total. The molecule has 0 aliphatic carbocycles. The number of halogens is 1. The van der Waals surface area contributed by atoms with E-state index in [1.165, 1.54) is 30.5 Å². The van der Waals surface area contributed by atoms with Crippen LogP contribution in [0.5, 0.6) is 0 Å². The maximum Gasteiger partial charge on any atom is 0.271 e. The number of nitrogens with zero attached hydrogens (tertiary/aromatic N) is 2. The van der Waals surface area contributed by atoms with Gasteiger partial charge in [-0.1, -0.05) is 12.1 Å². The van der Waals surface area contributed by atoms with Crippen LogP contribution in [-0.4, -0.2) is 37.4 Å². The molecule has 0 aliphatic heterocycles. The molecule has 0 fully saturated rings. The van der Waals surface area contributed by atoms with Crippen molar-refractivity contribution in [1.29, 1.82) is 0 Å². The van der Waals surface area contributed by atoms with E-state index < -0.39 is 11.7 Å². The standard InChI is InChI=1S/C17H18FN3O2/c1-21(10-11-22)16-8-2-13(3-9-16)12-19-20-17(23)14-4-6-15(18)7-5-14/h2-9,12,22H,10-11H2,1H3,(H,20,23). The van der Waals surface area contributed by atoms with Gasteiger partial charge in [0.05, 0.1) is 12.8 Å². The zero-order valence-corrected chi connectivity index (χ0v) is 12.7. The van der Waals surface area contributed by atoms with E-state index in [4.69, 9.17) is 5.11 Å². The predicted octanol–water partition coefficient (Wildman–Crippen LogP) is 2.02. The Morgan fingerprint density at radius 2 is 1.87 bits per heavy atom. The van der Waals surface area contributed by atoms with Crippen LogP contribution in [0.25, 0.3) is 0 Å². The first-order valence-corrected chi connectivity index (χ1v) is 7.11. The van der Waals surface area contributed by atoms with Crippen LogP contribution in [0, 0.1) is 5.82 Å². The van der Waals surface area contributed by atoms with Crippen LogP contribution in [-0.2, 0) is 0 Å². The summed E-state index contributed by atoms with van der Waals surface area (Å²) in [6.45, 7) is 0.649. The summed E-state index contributed by atoms with van der Waals surface area (Å²) >= 11 is 0. The number of hydrazone groups is 1. The van der Waals surface area contributed by atoms with E-state index in [1.54, 1.807) is 0 Å². The maximum atomic E-state index is 12.8. The van der Waals surface area contributed by atoms with Gasteiger partial charge in [0.25, 0.3) is 5.91 Å². The molecule has 0 bridgehead atoms. The second kappa shape index (κ2) is 8.05. The minimum Gasteiger partial charge on any atom is -0.395 e. The van der Waals surface area contributed by atoms with Crippen LogP contribution in [0.3, 0.4) is 0 Å². The molecule has 5 nitrogen and oxygen atoms in total. The number of carbonyl (C=O) groups excluding carboxylic acids is 1. The van der Waals surface area contributed by atoms with Crippen LogP contribution in [0.15, 0.2) is 53.6 Å². The molecule has 0 radical (unpaired) electrons. The number of likely N-dealkylation sites (N-methyl/N-ethyl adjacent to an activating group) is 1. The molecule has 0 heterocycles. The molecule has 0 saturated carbocycles. The topological polar surface area (TPSA) is 64.9 Å². The SMILES string of the molecule is CN(CCO)c1ccc(C=NNC(=O)c2ccc(F)cc2)cc1. The largest absolute Gasteiger partial charge is 0.395 e. The zero-order valence-electron chi connectivity index (χ0n) is 12.7. The fourth-order valence-corrected chi connectivity index (χ4v) is 1.93. The smallest absolute Gasteiger partial charge is 0.271 e. The van der Waals surface area contributed by atoms with E-state index in [9.17, 15) is 9.18 Å². The summed E-state index contributed by atoms with van der Waals surface area (Å²) in [6.07, 6.45) is 1.53. The Labute approximate surface area is 134 Å². The van der Waals surface area contributed by atoms with Crippen molar-refractivity contribution in [2.45, 2.75) is 0 Å². The minimum absolute atomic E-state index is 0.0924. The van der Waals surface area contributed by atoms with Crippen LogP contribution < -0.4 is 10.3 Å². The van der Waals surface area contributed by atoms with Gasteiger partial charge in [-0.15, -0.1) is 0 Å². The van der Waals surface area contributed by atoms with Gasteiger partial charge in [-0.05, 0) is 42.0 Å². The van der Waals surface area contributed by atoms with Crippen LogP contribution in [0.2, 0.25) is 0 Å². The van der Waals surface area contributed by atoms with Gasteiger partial charge in [0.2, 0.25) is 0 Å². The number of aliphatic hydroxyl groups is 1. The molecule has 0 atom stereocenters. The lowest BCUT2D eigenvalue weighted by Gasteiger charge is -2.17. The Hall–Kier alpha value is -2.73. The van der Waals surface area contributed by atoms with Gasteiger partial charge in [0, 0.05) is 24.8 Å². The van der Waals surface area contributed by atoms with E-state index in [1.807, 2.05) is 36.2 Å². The number of hydrogen-bond donors (Lipinski definition) is 2. The van der Waals surface area contributed by atoms with Crippen molar-refractivity contribution in [3.63, 3.8) is 0 Å². The van der Waals surface area contributed by atoms with Gasteiger partial charge in [0.15, 0.2) is 0 Å². The normalized spacial score (nSPS) is 10.7. The Morgan fingerprint density at radius 3 is 2.48 bits per heavy atom. The molecule has 0 saturated heterocycles. The highest BCUT2D eigenvalue weighted by Crippen LogP contribution is 2.12. The quantitative estimate of drug-likeness (QED) is 0.633. The molecular formula is C17H18FN3O2. The van der Waals surface area contributed by atoms with Crippen molar-refractivity contribution in [1.82, 2.24) is 5.43 Å². The molecular weight excluding hydrogens is 297 g/mol. The summed E-state index contributed by atoms with van der Waals surface area (Å²) in [7, 11) is 1.89. The first kappa shape index (κ1) is 16.6. The Balaban J connectivity index is 1.92. The number of hydrogen-bond acceptors (Lipinski definition) is 4. The Morgan fingerprint density at radius 1 is 1.22 bits per heavy atom. The molecule has 0 aromatic heterocycles. The molecule has 23 heavy (non-hydrogen) atoms. The van der Waals surface area contributed by atoms with E-state index in [2.05, 4.69) is 10.5 Å². The molecule has 1 amide bonds. The molecule has 0 aliphatic rings. The number of rotatable bonds is 6. The molecule has 6 heteroatoms. The van der Waals surface area contributed by atoms with Gasteiger partial charge >= 0.3 is 0 Å². The fraction of sp³-hybridized carbons (Fsp3) is 0.176. The van der Waals surface area contributed by atoms with Crippen LogP contribution >= 0.6 is 0 Å². The highest BCUT2D eigenvalue weighted by atomic mass is 19.1. The summed E-state index contributed by atoms with van der Waals surface area (Å²) in [4.78, 5) is 13.7. The van der Waals surface area contributed by atoms with Crippen molar-refractivity contribution in [2.24, 2.45) is 5.10 Å². The average molecular weight is 315 g/mol. The number of carbonyl (C=O) groups is 1. The number of amides is 1. The number of benzene rings is 2. The van der Waals surface area contributed by atoms with Gasteiger partial charge < -0.3 is 10.0 Å². The van der Waals surface area contributed by atoms with Crippen molar-refractivity contribution in [3.05, 3.63) is 65.5 Å². The van der Waals surface area contributed by atoms with E-state index in [0.29, 0.717) is 12.1 Å². The minimum atomic E-state index is -0.402. The lowest BCUT2D eigenvalue weighted by molar-refractivity contribution is 0.0955. The van der Waals surface area contributed by atoms with E-state index in [0.717, 1.165) is 11.3 Å². The number of aliphatic hydroxyl groups excluding tert-OH is 1. The lowest BCUT2D eigenvalue weighted by atomic mass is 10.2. The van der Waals surface area contributed by atoms with Crippen molar-refractivity contribution < 1.29 is 14.3 Å². The summed E-state index contributed by atoms with van der Waals surface area (Å²) < 4.78 is 12.8. The van der Waals surface area contributed by atoms with Crippen molar-refractivity contribution in [3.8, 4) is 0 Å². The number of nitrogens with one attached hydrogen (secondary N) is 1. The van der Waals surface area contributed by atoms with Gasteiger partial charge in [0.1, 0.15) is 5.82 Å². The molecule has 2 aromatic carbocycles. The lowest BCUT2D eigenvalue weighted by Crippen LogP contribution is -2.20. The van der Waals surface area contributed by atoms with Gasteiger partial charge in [-0.25, -0.2) is 9.82 Å². The predicted molar refractivity (Wildman–Crippen MR) is 88.3 cm³/mol. The Kier molecular flexibility index (Phi) is 5.82. The first-order valence-electron chi connectivity index (χ1n) is 7.11. The van der Waals surface area contributed by atoms with Crippen molar-refractivity contribution >= 4 is 17.8 Å². The van der Waals surface area contributed by atoms with E-state index in [-0.39, 0.29) is 6.61 Å². The average Bonchev–Trinajstić information content (AvgIpc) is 2.56. The summed E-state index contributed by atoms with van der Waals surface area (Å²) in [5.41, 5.74) is 4.53. The fourth-order valence-electron chi connectivity index (χ4n) is 1.93. The zero-order chi connectivity index (χ0) is 16.7. The third-order valence-electron chi connectivity index (χ3n) is 3.26. The van der Waals surface area contributed by atoms with E-state index >= 15 is 0 Å². The second-order valence-electron chi connectivity index (χ2n) is 4.94. The number of anilines is 1. The second-order valence-corrected chi connectivity index (χ2v) is 4.94. The van der Waals surface area contributed by atoms with Gasteiger partial charge in [-0.3, -0.25) is 4.79 Å². The van der Waals surface area contributed by atoms with Crippen molar-refractivity contribution in [2.75, 3.05) is 25.1 Å².